The average molecular weight is 224 g/mol. The van der Waals surface area contributed by atoms with E-state index in [-0.39, 0.29) is 0 Å². The summed E-state index contributed by atoms with van der Waals surface area (Å²) < 4.78 is 1.15. The first-order chi connectivity index (χ1) is 5.86. The minimum atomic E-state index is 0.996. The largest absolute Gasteiger partial charge is 0.309 e. The highest BCUT2D eigenvalue weighted by Gasteiger charge is 2.05. The van der Waals surface area contributed by atoms with E-state index < -0.39 is 0 Å². The summed E-state index contributed by atoms with van der Waals surface area (Å²) in [7, 11) is 0. The third-order valence-electron chi connectivity index (χ3n) is 2.00. The fraction of sp³-hybridized carbons (Fsp3) is 0.200. The van der Waals surface area contributed by atoms with Crippen molar-refractivity contribution in [3.8, 4) is 0 Å². The Labute approximate surface area is 80.6 Å². The molecule has 1 aromatic rings. The van der Waals surface area contributed by atoms with Crippen molar-refractivity contribution in [3.05, 3.63) is 40.4 Å². The molecule has 0 bridgehead atoms. The highest BCUT2D eigenvalue weighted by molar-refractivity contribution is 9.10. The van der Waals surface area contributed by atoms with Crippen LogP contribution in [0.1, 0.15) is 5.56 Å². The van der Waals surface area contributed by atoms with Crippen molar-refractivity contribution in [1.82, 2.24) is 5.32 Å². The predicted molar refractivity (Wildman–Crippen MR) is 55.0 cm³/mol. The van der Waals surface area contributed by atoms with E-state index >= 15 is 0 Å². The maximum Gasteiger partial charge on any atom is 0.0211 e. The van der Waals surface area contributed by atoms with Gasteiger partial charge in [-0.1, -0.05) is 34.1 Å². The van der Waals surface area contributed by atoms with Gasteiger partial charge in [0.25, 0.3) is 0 Å². The highest BCUT2D eigenvalue weighted by Crippen LogP contribution is 2.19. The van der Waals surface area contributed by atoms with E-state index in [0.29, 0.717) is 0 Å². The van der Waals surface area contributed by atoms with Gasteiger partial charge >= 0.3 is 0 Å². The molecule has 62 valence electrons. The number of halogens is 1. The van der Waals surface area contributed by atoms with Crippen LogP contribution in [0.3, 0.4) is 0 Å². The molecule has 0 radical (unpaired) electrons. The van der Waals surface area contributed by atoms with Gasteiger partial charge in [-0.15, -0.1) is 0 Å². The second-order valence-corrected chi connectivity index (χ2v) is 3.79. The molecule has 1 aromatic carbocycles. The molecule has 1 heterocycles. The maximum atomic E-state index is 3.46. The van der Waals surface area contributed by atoms with Gasteiger partial charge in [-0.2, -0.15) is 0 Å². The Morgan fingerprint density at radius 1 is 1.33 bits per heavy atom. The van der Waals surface area contributed by atoms with Crippen LogP contribution in [0.4, 0.5) is 0 Å². The van der Waals surface area contributed by atoms with Crippen LogP contribution in [0.25, 0.3) is 5.57 Å². The molecule has 0 spiro atoms. The van der Waals surface area contributed by atoms with E-state index in [9.17, 15) is 0 Å². The van der Waals surface area contributed by atoms with Crippen molar-refractivity contribution in [3.63, 3.8) is 0 Å². The monoisotopic (exact) mass is 223 g/mol. The summed E-state index contributed by atoms with van der Waals surface area (Å²) >= 11 is 3.46. The third kappa shape index (κ3) is 1.59. The molecule has 0 amide bonds. The lowest BCUT2D eigenvalue weighted by Gasteiger charge is -2.01. The summed E-state index contributed by atoms with van der Waals surface area (Å²) in [4.78, 5) is 0. The Hall–Kier alpha value is -0.600. The number of hydrogen-bond donors (Lipinski definition) is 1. The standard InChI is InChI=1S/C10H10BrN/c11-10-3-1-2-8(6-10)9-4-5-12-7-9/h1-4,6,12H,5,7H2. The van der Waals surface area contributed by atoms with Gasteiger partial charge in [0, 0.05) is 17.6 Å². The van der Waals surface area contributed by atoms with Crippen molar-refractivity contribution >= 4 is 21.5 Å². The fourth-order valence-electron chi connectivity index (χ4n) is 1.38. The van der Waals surface area contributed by atoms with Gasteiger partial charge in [-0.3, -0.25) is 0 Å². The summed E-state index contributed by atoms with van der Waals surface area (Å²) in [6, 6.07) is 8.41. The van der Waals surface area contributed by atoms with E-state index in [1.54, 1.807) is 0 Å². The van der Waals surface area contributed by atoms with E-state index in [1.165, 1.54) is 11.1 Å². The highest BCUT2D eigenvalue weighted by atomic mass is 79.9. The zero-order valence-corrected chi connectivity index (χ0v) is 8.26. The van der Waals surface area contributed by atoms with Crippen LogP contribution in [0.15, 0.2) is 34.8 Å². The van der Waals surface area contributed by atoms with Gasteiger partial charge in [-0.05, 0) is 23.3 Å². The minimum absolute atomic E-state index is 0.996. The lowest BCUT2D eigenvalue weighted by Crippen LogP contribution is -2.07. The van der Waals surface area contributed by atoms with Gasteiger partial charge in [0.15, 0.2) is 0 Å². The van der Waals surface area contributed by atoms with Gasteiger partial charge in [0.2, 0.25) is 0 Å². The van der Waals surface area contributed by atoms with Crippen LogP contribution in [-0.2, 0) is 0 Å². The first kappa shape index (κ1) is 8.02. The van der Waals surface area contributed by atoms with Crippen LogP contribution in [0.2, 0.25) is 0 Å². The molecule has 1 aliphatic heterocycles. The lowest BCUT2D eigenvalue weighted by atomic mass is 10.1. The molecule has 2 heteroatoms. The molecule has 12 heavy (non-hydrogen) atoms. The van der Waals surface area contributed by atoms with E-state index in [4.69, 9.17) is 0 Å². The molecule has 0 aliphatic carbocycles. The van der Waals surface area contributed by atoms with Crippen LogP contribution < -0.4 is 5.32 Å². The van der Waals surface area contributed by atoms with E-state index in [0.717, 1.165) is 17.6 Å². The zero-order chi connectivity index (χ0) is 8.39. The predicted octanol–water partition coefficient (Wildman–Crippen LogP) is 2.44. The first-order valence-corrected chi connectivity index (χ1v) is 4.81. The normalized spacial score (nSPS) is 16.2. The molecule has 2 rings (SSSR count). The molecule has 1 N–H and O–H groups in total. The molecule has 0 aromatic heterocycles. The maximum absolute atomic E-state index is 3.46. The second kappa shape index (κ2) is 3.42. The summed E-state index contributed by atoms with van der Waals surface area (Å²) in [6.07, 6.45) is 2.24. The second-order valence-electron chi connectivity index (χ2n) is 2.87. The zero-order valence-electron chi connectivity index (χ0n) is 6.68. The summed E-state index contributed by atoms with van der Waals surface area (Å²) in [5.74, 6) is 0. The average Bonchev–Trinajstić information content (AvgIpc) is 2.56. The van der Waals surface area contributed by atoms with Crippen LogP contribution in [-0.4, -0.2) is 13.1 Å². The summed E-state index contributed by atoms with van der Waals surface area (Å²) in [5.41, 5.74) is 2.71. The van der Waals surface area contributed by atoms with Gasteiger partial charge in [0.1, 0.15) is 0 Å². The minimum Gasteiger partial charge on any atom is -0.309 e. The SMILES string of the molecule is Brc1cccc(C2=CCNC2)c1. The number of rotatable bonds is 1. The van der Waals surface area contributed by atoms with Gasteiger partial charge in [0.05, 0.1) is 0 Å². The molecule has 0 saturated heterocycles. The quantitative estimate of drug-likeness (QED) is 0.772. The molecular weight excluding hydrogens is 214 g/mol. The number of nitrogens with one attached hydrogen (secondary N) is 1. The van der Waals surface area contributed by atoms with Gasteiger partial charge < -0.3 is 5.32 Å². The van der Waals surface area contributed by atoms with Gasteiger partial charge in [-0.25, -0.2) is 0 Å². The van der Waals surface area contributed by atoms with Crippen LogP contribution in [0, 0.1) is 0 Å². The smallest absolute Gasteiger partial charge is 0.0211 e. The topological polar surface area (TPSA) is 12.0 Å². The van der Waals surface area contributed by atoms with E-state index in [1.807, 2.05) is 6.07 Å². The Morgan fingerprint density at radius 3 is 2.92 bits per heavy atom. The number of hydrogen-bond acceptors (Lipinski definition) is 1. The lowest BCUT2D eigenvalue weighted by molar-refractivity contribution is 0.897. The summed E-state index contributed by atoms with van der Waals surface area (Å²) in [5, 5.41) is 3.28. The van der Waals surface area contributed by atoms with Crippen molar-refractivity contribution in [2.24, 2.45) is 0 Å². The molecule has 1 aliphatic rings. The van der Waals surface area contributed by atoms with Crippen LogP contribution >= 0.6 is 15.9 Å². The molecule has 0 fully saturated rings. The Bertz CT molecular complexity index is 317. The number of benzene rings is 1. The molecule has 1 nitrogen and oxygen atoms in total. The van der Waals surface area contributed by atoms with E-state index in [2.05, 4.69) is 45.5 Å². The Morgan fingerprint density at radius 2 is 2.25 bits per heavy atom. The Kier molecular flexibility index (Phi) is 2.28. The fourth-order valence-corrected chi connectivity index (χ4v) is 1.78. The molecule has 0 unspecified atom stereocenters. The first-order valence-electron chi connectivity index (χ1n) is 4.02. The van der Waals surface area contributed by atoms with Crippen molar-refractivity contribution in [1.29, 1.82) is 0 Å². The van der Waals surface area contributed by atoms with Crippen LogP contribution in [0.5, 0.6) is 0 Å². The molecule has 0 saturated carbocycles. The van der Waals surface area contributed by atoms with Crippen molar-refractivity contribution in [2.75, 3.05) is 13.1 Å². The molecular formula is C10H10BrN. The summed E-state index contributed by atoms with van der Waals surface area (Å²) in [6.45, 7) is 2.00. The molecule has 0 atom stereocenters. The Balaban J connectivity index is 2.33. The van der Waals surface area contributed by atoms with Crippen molar-refractivity contribution < 1.29 is 0 Å². The van der Waals surface area contributed by atoms with Crippen molar-refractivity contribution in [2.45, 2.75) is 0 Å². The third-order valence-corrected chi connectivity index (χ3v) is 2.50.